The Kier molecular flexibility index (Phi) is 5.86. The Hall–Kier alpha value is -2.78. The van der Waals surface area contributed by atoms with Crippen molar-refractivity contribution in [1.82, 2.24) is 14.4 Å². The van der Waals surface area contributed by atoms with Crippen molar-refractivity contribution in [3.05, 3.63) is 24.3 Å². The highest BCUT2D eigenvalue weighted by molar-refractivity contribution is 6.35. The van der Waals surface area contributed by atoms with Crippen LogP contribution < -0.4 is 0 Å². The summed E-state index contributed by atoms with van der Waals surface area (Å²) in [4.78, 5) is 28.1. The van der Waals surface area contributed by atoms with E-state index in [1.807, 2.05) is 24.3 Å². The fourth-order valence-electron chi connectivity index (χ4n) is 3.85. The van der Waals surface area contributed by atoms with E-state index in [1.165, 1.54) is 11.3 Å². The fraction of sp³-hybridized carbons (Fsp3) is 0.500. The van der Waals surface area contributed by atoms with Gasteiger partial charge >= 0.3 is 11.8 Å². The molecule has 3 heterocycles. The molecule has 0 aliphatic carbocycles. The zero-order chi connectivity index (χ0) is 20.2. The highest BCUT2D eigenvalue weighted by atomic mass is 16.5. The molecule has 1 N–H and O–H groups in total. The molecule has 1 aromatic carbocycles. The van der Waals surface area contributed by atoms with Crippen molar-refractivity contribution in [2.24, 2.45) is 10.2 Å². The highest BCUT2D eigenvalue weighted by Gasteiger charge is 2.24. The van der Waals surface area contributed by atoms with Crippen molar-refractivity contribution in [3.8, 4) is 5.88 Å². The molecule has 0 saturated carbocycles. The lowest BCUT2D eigenvalue weighted by Gasteiger charge is -2.27. The van der Waals surface area contributed by atoms with E-state index in [0.717, 1.165) is 31.4 Å². The van der Waals surface area contributed by atoms with Crippen molar-refractivity contribution < 1.29 is 19.4 Å². The van der Waals surface area contributed by atoms with Gasteiger partial charge in [-0.05, 0) is 32.0 Å². The van der Waals surface area contributed by atoms with Gasteiger partial charge in [-0.2, -0.15) is 0 Å². The summed E-state index contributed by atoms with van der Waals surface area (Å²) in [6.45, 7) is 4.04. The van der Waals surface area contributed by atoms with Gasteiger partial charge in [0, 0.05) is 18.5 Å². The van der Waals surface area contributed by atoms with Gasteiger partial charge in [0.05, 0.1) is 25.4 Å². The lowest BCUT2D eigenvalue weighted by molar-refractivity contribution is -0.146. The third-order valence-electron chi connectivity index (χ3n) is 5.43. The molecule has 0 atom stereocenters. The number of benzene rings is 1. The van der Waals surface area contributed by atoms with E-state index in [1.54, 1.807) is 4.57 Å². The van der Waals surface area contributed by atoms with Crippen LogP contribution in [0.1, 0.15) is 19.3 Å². The molecule has 0 bridgehead atoms. The van der Waals surface area contributed by atoms with Crippen molar-refractivity contribution in [2.75, 3.05) is 39.4 Å². The van der Waals surface area contributed by atoms with Crippen molar-refractivity contribution >= 4 is 28.4 Å². The number of hydrogen-bond acceptors (Lipinski definition) is 6. The molecule has 0 unspecified atom stereocenters. The number of para-hydroxylation sites is 1. The van der Waals surface area contributed by atoms with Crippen LogP contribution in [-0.4, -0.2) is 70.7 Å². The van der Waals surface area contributed by atoms with Gasteiger partial charge in [-0.3, -0.25) is 19.1 Å². The minimum absolute atomic E-state index is 0.0489. The monoisotopic (exact) mass is 399 g/mol. The van der Waals surface area contributed by atoms with E-state index in [4.69, 9.17) is 4.74 Å². The first-order valence-electron chi connectivity index (χ1n) is 10.0. The largest absolute Gasteiger partial charge is 0.493 e. The molecule has 0 radical (unpaired) electrons. The Bertz CT molecular complexity index is 926. The molecule has 2 aliphatic rings. The van der Waals surface area contributed by atoms with Crippen molar-refractivity contribution in [1.29, 1.82) is 0 Å². The molecule has 2 aliphatic heterocycles. The number of aromatic hydroxyl groups is 1. The number of carbonyl (C=O) groups excluding carboxylic acids is 2. The summed E-state index contributed by atoms with van der Waals surface area (Å²) in [5.41, 5.74) is 1.03. The summed E-state index contributed by atoms with van der Waals surface area (Å²) in [7, 11) is 0. The number of fused-ring (bicyclic) bond motifs is 1. The number of hydrogen-bond donors (Lipinski definition) is 1. The second kappa shape index (κ2) is 8.71. The number of azo groups is 1. The van der Waals surface area contributed by atoms with Crippen LogP contribution in [0.25, 0.3) is 10.9 Å². The lowest BCUT2D eigenvalue weighted by atomic mass is 10.1. The quantitative estimate of drug-likeness (QED) is 0.630. The van der Waals surface area contributed by atoms with Crippen LogP contribution in [-0.2, 0) is 21.0 Å². The molecule has 9 nitrogen and oxygen atoms in total. The van der Waals surface area contributed by atoms with E-state index < -0.39 is 11.8 Å². The zero-order valence-corrected chi connectivity index (χ0v) is 16.3. The van der Waals surface area contributed by atoms with Crippen LogP contribution in [0.2, 0.25) is 0 Å². The number of rotatable bonds is 3. The summed E-state index contributed by atoms with van der Waals surface area (Å²) in [6, 6.07) is 7.46. The average molecular weight is 399 g/mol. The van der Waals surface area contributed by atoms with Gasteiger partial charge in [0.1, 0.15) is 0 Å². The molecule has 9 heteroatoms. The molecule has 4 rings (SSSR count). The zero-order valence-electron chi connectivity index (χ0n) is 16.3. The molecule has 0 spiro atoms. The van der Waals surface area contributed by atoms with E-state index in [2.05, 4.69) is 15.1 Å². The van der Waals surface area contributed by atoms with Crippen LogP contribution >= 0.6 is 0 Å². The maximum Gasteiger partial charge on any atom is 0.353 e. The second-order valence-corrected chi connectivity index (χ2v) is 7.35. The first-order valence-corrected chi connectivity index (χ1v) is 10.0. The third kappa shape index (κ3) is 4.15. The van der Waals surface area contributed by atoms with Gasteiger partial charge in [-0.15, -0.1) is 10.2 Å². The Morgan fingerprint density at radius 3 is 2.52 bits per heavy atom. The summed E-state index contributed by atoms with van der Waals surface area (Å²) < 4.78 is 6.97. The maximum absolute atomic E-state index is 12.2. The fourth-order valence-corrected chi connectivity index (χ4v) is 3.85. The molecule has 29 heavy (non-hydrogen) atoms. The number of nitrogens with zero attached hydrogens (tertiary/aromatic N) is 5. The standard InChI is InChI=1S/C20H25N5O4/c26-18(20(28)24-10-12-29-13-11-24)22-21-17-15-6-2-3-7-16(15)25(19(17)27)14-23-8-4-1-5-9-23/h2-3,6-7,27H,1,4-5,8-14H2. The lowest BCUT2D eigenvalue weighted by Crippen LogP contribution is -2.43. The van der Waals surface area contributed by atoms with Crippen LogP contribution in [0.4, 0.5) is 5.69 Å². The number of piperidine rings is 1. The molecular weight excluding hydrogens is 374 g/mol. The van der Waals surface area contributed by atoms with Crippen molar-refractivity contribution in [2.45, 2.75) is 25.9 Å². The number of aromatic nitrogens is 1. The number of amides is 2. The van der Waals surface area contributed by atoms with Gasteiger partial charge < -0.3 is 14.7 Å². The number of morpholine rings is 1. The predicted octanol–water partition coefficient (Wildman–Crippen LogP) is 2.26. The van der Waals surface area contributed by atoms with Gasteiger partial charge in [0.25, 0.3) is 0 Å². The van der Waals surface area contributed by atoms with Crippen LogP contribution in [0, 0.1) is 0 Å². The Morgan fingerprint density at radius 1 is 1.03 bits per heavy atom. The first kappa shape index (κ1) is 19.5. The second-order valence-electron chi connectivity index (χ2n) is 7.35. The normalized spacial score (nSPS) is 18.6. The topological polar surface area (TPSA) is 99.7 Å². The van der Waals surface area contributed by atoms with E-state index in [-0.39, 0.29) is 11.6 Å². The van der Waals surface area contributed by atoms with Gasteiger partial charge in [0.2, 0.25) is 5.88 Å². The SMILES string of the molecule is O=C(N=Nc1c(O)n(CN2CCCCC2)c2ccccc12)C(=O)N1CCOCC1. The van der Waals surface area contributed by atoms with Gasteiger partial charge in [0.15, 0.2) is 5.69 Å². The summed E-state index contributed by atoms with van der Waals surface area (Å²) in [6.07, 6.45) is 3.52. The Labute approximate surface area is 168 Å². The number of ether oxygens (including phenoxy) is 1. The van der Waals surface area contributed by atoms with Crippen molar-refractivity contribution in [3.63, 3.8) is 0 Å². The number of carbonyl (C=O) groups is 2. The van der Waals surface area contributed by atoms with E-state index in [9.17, 15) is 14.7 Å². The van der Waals surface area contributed by atoms with E-state index in [0.29, 0.717) is 38.4 Å². The third-order valence-corrected chi connectivity index (χ3v) is 5.43. The Balaban J connectivity index is 1.58. The molecule has 154 valence electrons. The van der Waals surface area contributed by atoms with Crippen LogP contribution in [0.5, 0.6) is 5.88 Å². The summed E-state index contributed by atoms with van der Waals surface area (Å²) >= 11 is 0. The highest BCUT2D eigenvalue weighted by Crippen LogP contribution is 2.39. The van der Waals surface area contributed by atoms with Crippen LogP contribution in [0.15, 0.2) is 34.5 Å². The minimum atomic E-state index is -0.945. The van der Waals surface area contributed by atoms with Gasteiger partial charge in [-0.25, -0.2) is 0 Å². The molecule has 2 amide bonds. The van der Waals surface area contributed by atoms with Gasteiger partial charge in [-0.1, -0.05) is 24.6 Å². The van der Waals surface area contributed by atoms with Crippen LogP contribution in [0.3, 0.4) is 0 Å². The molecule has 1 aromatic heterocycles. The summed E-state index contributed by atoms with van der Waals surface area (Å²) in [5, 5.41) is 19.1. The maximum atomic E-state index is 12.2. The minimum Gasteiger partial charge on any atom is -0.493 e. The molecule has 2 saturated heterocycles. The first-order chi connectivity index (χ1) is 14.1. The molecule has 2 fully saturated rings. The Morgan fingerprint density at radius 2 is 1.76 bits per heavy atom. The average Bonchev–Trinajstić information content (AvgIpc) is 3.04. The molecule has 2 aromatic rings. The summed E-state index contributed by atoms with van der Waals surface area (Å²) in [5.74, 6) is -1.69. The number of likely N-dealkylation sites (tertiary alicyclic amines) is 1. The predicted molar refractivity (Wildman–Crippen MR) is 106 cm³/mol. The van der Waals surface area contributed by atoms with E-state index >= 15 is 0 Å². The molecular formula is C20H25N5O4. The smallest absolute Gasteiger partial charge is 0.353 e.